The highest BCUT2D eigenvalue weighted by Crippen LogP contribution is 2.36. The normalized spacial score (nSPS) is 19.8. The Labute approximate surface area is 136 Å². The highest BCUT2D eigenvalue weighted by atomic mass is 35.5. The second-order valence-electron chi connectivity index (χ2n) is 5.21. The standard InChI is InChI=1S/C13H14ClF3N2O3S/c1-23(21,22)19-6-2-3-11(19)12(20)18-8-4-5-10(14)9(7-8)13(15,16)17/h4-5,7,11H,2-3,6H2,1H3,(H,18,20)/t11-/m0/s1. The van der Waals surface area contributed by atoms with Crippen molar-refractivity contribution in [1.82, 2.24) is 4.31 Å². The van der Waals surface area contributed by atoms with Crippen molar-refractivity contribution in [3.8, 4) is 0 Å². The van der Waals surface area contributed by atoms with E-state index >= 15 is 0 Å². The van der Waals surface area contributed by atoms with Crippen LogP contribution in [0.3, 0.4) is 0 Å². The molecular formula is C13H14ClF3N2O3S. The van der Waals surface area contributed by atoms with Crippen LogP contribution in [0, 0.1) is 0 Å². The summed E-state index contributed by atoms with van der Waals surface area (Å²) < 4.78 is 62.7. The van der Waals surface area contributed by atoms with Gasteiger partial charge in [-0.2, -0.15) is 17.5 Å². The summed E-state index contributed by atoms with van der Waals surface area (Å²) in [5.41, 5.74) is -1.16. The van der Waals surface area contributed by atoms with Gasteiger partial charge in [0.05, 0.1) is 16.8 Å². The quantitative estimate of drug-likeness (QED) is 0.889. The highest BCUT2D eigenvalue weighted by Gasteiger charge is 2.37. The van der Waals surface area contributed by atoms with Crippen LogP contribution >= 0.6 is 11.6 Å². The van der Waals surface area contributed by atoms with Crippen LogP contribution in [0.25, 0.3) is 0 Å². The van der Waals surface area contributed by atoms with E-state index in [2.05, 4.69) is 5.32 Å². The Morgan fingerprint density at radius 2 is 2.04 bits per heavy atom. The number of rotatable bonds is 3. The van der Waals surface area contributed by atoms with E-state index in [1.165, 1.54) is 6.07 Å². The van der Waals surface area contributed by atoms with Gasteiger partial charge in [0.2, 0.25) is 15.9 Å². The summed E-state index contributed by atoms with van der Waals surface area (Å²) in [7, 11) is -3.56. The van der Waals surface area contributed by atoms with Crippen LogP contribution in [0.2, 0.25) is 5.02 Å². The lowest BCUT2D eigenvalue weighted by atomic mass is 10.1. The first-order valence-corrected chi connectivity index (χ1v) is 8.87. The minimum Gasteiger partial charge on any atom is -0.325 e. The van der Waals surface area contributed by atoms with E-state index in [0.717, 1.165) is 22.7 Å². The van der Waals surface area contributed by atoms with Gasteiger partial charge >= 0.3 is 6.18 Å². The largest absolute Gasteiger partial charge is 0.417 e. The number of alkyl halides is 3. The van der Waals surface area contributed by atoms with Crippen molar-refractivity contribution >= 4 is 33.2 Å². The van der Waals surface area contributed by atoms with Crippen molar-refractivity contribution in [2.24, 2.45) is 0 Å². The molecule has 0 saturated carbocycles. The number of benzene rings is 1. The summed E-state index contributed by atoms with van der Waals surface area (Å²) in [6.07, 6.45) is -2.83. The third-order valence-electron chi connectivity index (χ3n) is 3.47. The minimum atomic E-state index is -4.65. The van der Waals surface area contributed by atoms with Crippen LogP contribution in [0.5, 0.6) is 0 Å². The predicted octanol–water partition coefficient (Wildman–Crippen LogP) is 2.72. The fraction of sp³-hybridized carbons (Fsp3) is 0.462. The molecule has 23 heavy (non-hydrogen) atoms. The molecule has 0 unspecified atom stereocenters. The smallest absolute Gasteiger partial charge is 0.325 e. The van der Waals surface area contributed by atoms with Gasteiger partial charge in [0.1, 0.15) is 6.04 Å². The summed E-state index contributed by atoms with van der Waals surface area (Å²) in [6.45, 7) is 0.214. The number of carbonyl (C=O) groups excluding carboxylic acids is 1. The van der Waals surface area contributed by atoms with Gasteiger partial charge in [-0.25, -0.2) is 8.42 Å². The molecule has 1 aromatic rings. The minimum absolute atomic E-state index is 0.0907. The Morgan fingerprint density at radius 3 is 2.61 bits per heavy atom. The second-order valence-corrected chi connectivity index (χ2v) is 7.56. The van der Waals surface area contributed by atoms with E-state index in [4.69, 9.17) is 11.6 Å². The van der Waals surface area contributed by atoms with Crippen LogP contribution in [0.4, 0.5) is 18.9 Å². The van der Waals surface area contributed by atoms with Crippen molar-refractivity contribution in [3.05, 3.63) is 28.8 Å². The molecule has 0 bridgehead atoms. The molecule has 10 heteroatoms. The number of sulfonamides is 1. The fourth-order valence-corrected chi connectivity index (χ4v) is 3.79. The number of anilines is 1. The fourth-order valence-electron chi connectivity index (χ4n) is 2.44. The first-order valence-electron chi connectivity index (χ1n) is 6.64. The van der Waals surface area contributed by atoms with Crippen molar-refractivity contribution in [3.63, 3.8) is 0 Å². The van der Waals surface area contributed by atoms with Crippen LogP contribution < -0.4 is 5.32 Å². The first kappa shape index (κ1) is 18.0. The van der Waals surface area contributed by atoms with E-state index < -0.39 is 38.7 Å². The van der Waals surface area contributed by atoms with E-state index in [1.54, 1.807) is 0 Å². The van der Waals surface area contributed by atoms with Crippen LogP contribution in [-0.2, 0) is 21.0 Å². The maximum Gasteiger partial charge on any atom is 0.417 e. The molecular weight excluding hydrogens is 357 g/mol. The average Bonchev–Trinajstić information content (AvgIpc) is 2.89. The maximum atomic E-state index is 12.8. The first-order chi connectivity index (χ1) is 10.5. The molecule has 1 aliphatic heterocycles. The molecule has 0 spiro atoms. The summed E-state index contributed by atoms with van der Waals surface area (Å²) in [5.74, 6) is -0.664. The average molecular weight is 371 g/mol. The van der Waals surface area contributed by atoms with Crippen LogP contribution in [0.15, 0.2) is 18.2 Å². The summed E-state index contributed by atoms with van der Waals surface area (Å²) in [4.78, 5) is 12.2. The number of amides is 1. The van der Waals surface area contributed by atoms with Crippen LogP contribution in [-0.4, -0.2) is 37.5 Å². The molecule has 1 heterocycles. The van der Waals surface area contributed by atoms with E-state index in [9.17, 15) is 26.4 Å². The zero-order chi connectivity index (χ0) is 17.4. The molecule has 0 aliphatic carbocycles. The summed E-state index contributed by atoms with van der Waals surface area (Å²) >= 11 is 5.51. The van der Waals surface area contributed by atoms with Gasteiger partial charge < -0.3 is 5.32 Å². The van der Waals surface area contributed by atoms with Crippen molar-refractivity contribution in [2.45, 2.75) is 25.1 Å². The Bertz CT molecular complexity index is 722. The molecule has 0 aromatic heterocycles. The molecule has 1 fully saturated rings. The van der Waals surface area contributed by atoms with Gasteiger partial charge in [-0.3, -0.25) is 4.79 Å². The summed E-state index contributed by atoms with van der Waals surface area (Å²) in [5, 5.41) is 1.84. The third-order valence-corrected chi connectivity index (χ3v) is 5.09. The molecule has 1 N–H and O–H groups in total. The Hall–Kier alpha value is -1.32. The molecule has 5 nitrogen and oxygen atoms in total. The molecule has 1 aliphatic rings. The SMILES string of the molecule is CS(=O)(=O)N1CCC[C@H]1C(=O)Nc1ccc(Cl)c(C(F)(F)F)c1. The molecule has 1 aromatic carbocycles. The Kier molecular flexibility index (Phi) is 4.93. The molecule has 1 amide bonds. The lowest BCUT2D eigenvalue weighted by molar-refractivity contribution is -0.137. The Balaban J connectivity index is 2.21. The van der Waals surface area contributed by atoms with Gasteiger partial charge in [0.15, 0.2) is 0 Å². The third kappa shape index (κ3) is 4.15. The number of hydrogen-bond donors (Lipinski definition) is 1. The topological polar surface area (TPSA) is 66.5 Å². The van der Waals surface area contributed by atoms with Gasteiger partial charge in [-0.15, -0.1) is 0 Å². The van der Waals surface area contributed by atoms with Crippen LogP contribution in [0.1, 0.15) is 18.4 Å². The lowest BCUT2D eigenvalue weighted by Crippen LogP contribution is -2.42. The molecule has 1 saturated heterocycles. The van der Waals surface area contributed by atoms with Crippen molar-refractivity contribution < 1.29 is 26.4 Å². The molecule has 128 valence electrons. The van der Waals surface area contributed by atoms with Gasteiger partial charge in [-0.05, 0) is 31.0 Å². The number of nitrogens with zero attached hydrogens (tertiary/aromatic N) is 1. The molecule has 2 rings (SSSR count). The predicted molar refractivity (Wildman–Crippen MR) is 79.7 cm³/mol. The highest BCUT2D eigenvalue weighted by molar-refractivity contribution is 7.88. The molecule has 0 radical (unpaired) electrons. The number of carbonyl (C=O) groups is 1. The number of nitrogens with one attached hydrogen (secondary N) is 1. The van der Waals surface area contributed by atoms with E-state index in [1.807, 2.05) is 0 Å². The van der Waals surface area contributed by atoms with Gasteiger partial charge in [-0.1, -0.05) is 11.6 Å². The monoisotopic (exact) mass is 370 g/mol. The van der Waals surface area contributed by atoms with Gasteiger partial charge in [0.25, 0.3) is 0 Å². The van der Waals surface area contributed by atoms with Crippen molar-refractivity contribution in [2.75, 3.05) is 18.1 Å². The van der Waals surface area contributed by atoms with Crippen molar-refractivity contribution in [1.29, 1.82) is 0 Å². The maximum absolute atomic E-state index is 12.8. The zero-order valence-corrected chi connectivity index (χ0v) is 13.6. The van der Waals surface area contributed by atoms with E-state index in [-0.39, 0.29) is 12.2 Å². The lowest BCUT2D eigenvalue weighted by Gasteiger charge is -2.21. The Morgan fingerprint density at radius 1 is 1.39 bits per heavy atom. The van der Waals surface area contributed by atoms with E-state index in [0.29, 0.717) is 12.8 Å². The molecule has 1 atom stereocenters. The zero-order valence-electron chi connectivity index (χ0n) is 12.0. The summed E-state index contributed by atoms with van der Waals surface area (Å²) in [6, 6.07) is 2.06. The van der Waals surface area contributed by atoms with Gasteiger partial charge in [0, 0.05) is 12.2 Å². The number of hydrogen-bond acceptors (Lipinski definition) is 3. The second kappa shape index (κ2) is 6.29. The number of halogens is 4.